The van der Waals surface area contributed by atoms with Crippen LogP contribution in [0.15, 0.2) is 28.8 Å². The van der Waals surface area contributed by atoms with Crippen LogP contribution < -0.4 is 5.90 Å². The molecule has 0 atom stereocenters. The van der Waals surface area contributed by atoms with E-state index in [1.807, 2.05) is 0 Å². The first-order valence-corrected chi connectivity index (χ1v) is 4.20. The first kappa shape index (κ1) is 9.75. The molecule has 0 saturated carbocycles. The Morgan fingerprint density at radius 3 is 2.73 bits per heavy atom. The fourth-order valence-electron chi connectivity index (χ4n) is 1.10. The summed E-state index contributed by atoms with van der Waals surface area (Å²) in [6, 6.07) is 5.77. The molecule has 0 spiro atoms. The van der Waals surface area contributed by atoms with Crippen molar-refractivity contribution in [2.24, 2.45) is 5.90 Å². The van der Waals surface area contributed by atoms with Gasteiger partial charge in [-0.25, -0.2) is 10.3 Å². The normalized spacial score (nSPS) is 10.5. The van der Waals surface area contributed by atoms with E-state index in [0.29, 0.717) is 11.4 Å². The lowest BCUT2D eigenvalue weighted by Gasteiger charge is -1.92. The van der Waals surface area contributed by atoms with Crippen LogP contribution in [-0.2, 0) is 11.4 Å². The van der Waals surface area contributed by atoms with E-state index in [9.17, 15) is 4.39 Å². The van der Waals surface area contributed by atoms with E-state index in [0.717, 1.165) is 0 Å². The molecule has 0 fully saturated rings. The Labute approximate surface area is 84.6 Å². The van der Waals surface area contributed by atoms with Gasteiger partial charge < -0.3 is 4.52 Å². The molecule has 0 aliphatic heterocycles. The van der Waals surface area contributed by atoms with E-state index in [1.165, 1.54) is 12.1 Å². The summed E-state index contributed by atoms with van der Waals surface area (Å²) in [4.78, 5) is 8.33. The van der Waals surface area contributed by atoms with Crippen molar-refractivity contribution in [3.05, 3.63) is 36.0 Å². The van der Waals surface area contributed by atoms with Crippen LogP contribution in [0, 0.1) is 5.82 Å². The summed E-state index contributed by atoms with van der Waals surface area (Å²) in [6.45, 7) is 0.0498. The van der Waals surface area contributed by atoms with Crippen LogP contribution in [0.3, 0.4) is 0 Å². The van der Waals surface area contributed by atoms with Crippen LogP contribution in [0.2, 0.25) is 0 Å². The molecule has 2 N–H and O–H groups in total. The van der Waals surface area contributed by atoms with Crippen LogP contribution >= 0.6 is 0 Å². The topological polar surface area (TPSA) is 74.2 Å². The third-order valence-corrected chi connectivity index (χ3v) is 1.78. The fraction of sp³-hybridized carbons (Fsp3) is 0.111. The zero-order chi connectivity index (χ0) is 10.7. The summed E-state index contributed by atoms with van der Waals surface area (Å²) < 4.78 is 17.5. The van der Waals surface area contributed by atoms with Gasteiger partial charge in [0.15, 0.2) is 0 Å². The monoisotopic (exact) mass is 209 g/mol. The van der Waals surface area contributed by atoms with Crippen molar-refractivity contribution in [1.29, 1.82) is 0 Å². The highest BCUT2D eigenvalue weighted by molar-refractivity contribution is 5.53. The minimum Gasteiger partial charge on any atom is -0.336 e. The molecule has 5 nitrogen and oxygen atoms in total. The Balaban J connectivity index is 2.25. The number of halogens is 1. The van der Waals surface area contributed by atoms with Gasteiger partial charge in [-0.1, -0.05) is 5.16 Å². The van der Waals surface area contributed by atoms with Crippen LogP contribution in [0.25, 0.3) is 11.4 Å². The van der Waals surface area contributed by atoms with E-state index in [4.69, 9.17) is 10.4 Å². The quantitative estimate of drug-likeness (QED) is 0.770. The highest BCUT2D eigenvalue weighted by atomic mass is 19.1. The van der Waals surface area contributed by atoms with Gasteiger partial charge in [0.1, 0.15) is 12.4 Å². The van der Waals surface area contributed by atoms with Crippen LogP contribution in [0.4, 0.5) is 4.39 Å². The summed E-state index contributed by atoms with van der Waals surface area (Å²) in [5.41, 5.74) is 0.670. The average Bonchev–Trinajstić information content (AvgIpc) is 2.68. The Morgan fingerprint density at radius 2 is 2.07 bits per heavy atom. The molecule has 1 heterocycles. The summed E-state index contributed by atoms with van der Waals surface area (Å²) in [5.74, 6) is 5.19. The first-order chi connectivity index (χ1) is 7.29. The lowest BCUT2D eigenvalue weighted by molar-refractivity contribution is 0.0996. The molecule has 2 rings (SSSR count). The van der Waals surface area contributed by atoms with Gasteiger partial charge >= 0.3 is 0 Å². The second kappa shape index (κ2) is 4.16. The summed E-state index contributed by atoms with van der Waals surface area (Å²) in [7, 11) is 0. The molecular formula is C9H8FN3O2. The lowest BCUT2D eigenvalue weighted by Crippen LogP contribution is -1.98. The first-order valence-electron chi connectivity index (χ1n) is 4.20. The maximum Gasteiger partial charge on any atom is 0.255 e. The molecule has 0 aliphatic rings. The molecule has 15 heavy (non-hydrogen) atoms. The van der Waals surface area contributed by atoms with Gasteiger partial charge in [0, 0.05) is 5.56 Å². The molecular weight excluding hydrogens is 201 g/mol. The van der Waals surface area contributed by atoms with Crippen molar-refractivity contribution in [2.75, 3.05) is 0 Å². The van der Waals surface area contributed by atoms with E-state index < -0.39 is 0 Å². The van der Waals surface area contributed by atoms with Gasteiger partial charge in [-0.15, -0.1) is 0 Å². The highest BCUT2D eigenvalue weighted by Crippen LogP contribution is 2.15. The van der Waals surface area contributed by atoms with Crippen LogP contribution in [-0.4, -0.2) is 10.1 Å². The van der Waals surface area contributed by atoms with E-state index in [1.54, 1.807) is 12.1 Å². The highest BCUT2D eigenvalue weighted by Gasteiger charge is 2.07. The van der Waals surface area contributed by atoms with Crippen LogP contribution in [0.5, 0.6) is 0 Å². The molecule has 78 valence electrons. The number of hydrogen-bond donors (Lipinski definition) is 1. The van der Waals surface area contributed by atoms with Crippen molar-refractivity contribution in [3.8, 4) is 11.4 Å². The number of nitrogens with zero attached hydrogens (tertiary/aromatic N) is 2. The van der Waals surface area contributed by atoms with E-state index >= 15 is 0 Å². The van der Waals surface area contributed by atoms with Crippen molar-refractivity contribution in [2.45, 2.75) is 6.61 Å². The SMILES string of the molecule is NOCc1nc(-c2ccc(F)cc2)no1. The van der Waals surface area contributed by atoms with Crippen molar-refractivity contribution >= 4 is 0 Å². The molecule has 0 saturated heterocycles. The van der Waals surface area contributed by atoms with E-state index in [2.05, 4.69) is 15.0 Å². The molecule has 2 aromatic rings. The average molecular weight is 209 g/mol. The summed E-state index contributed by atoms with van der Waals surface area (Å²) in [5, 5.41) is 3.69. The largest absolute Gasteiger partial charge is 0.336 e. The maximum atomic E-state index is 12.6. The van der Waals surface area contributed by atoms with Gasteiger partial charge in [-0.2, -0.15) is 4.98 Å². The Kier molecular flexibility index (Phi) is 2.70. The van der Waals surface area contributed by atoms with Gasteiger partial charge in [0.2, 0.25) is 5.82 Å². The third-order valence-electron chi connectivity index (χ3n) is 1.78. The molecule has 6 heteroatoms. The minimum atomic E-state index is -0.312. The molecule has 1 aromatic carbocycles. The smallest absolute Gasteiger partial charge is 0.255 e. The molecule has 0 aliphatic carbocycles. The van der Waals surface area contributed by atoms with Crippen LogP contribution in [0.1, 0.15) is 5.89 Å². The minimum absolute atomic E-state index is 0.0498. The molecule has 0 amide bonds. The number of hydrogen-bond acceptors (Lipinski definition) is 5. The summed E-state index contributed by atoms with van der Waals surface area (Å²) in [6.07, 6.45) is 0. The second-order valence-electron chi connectivity index (χ2n) is 2.83. The fourth-order valence-corrected chi connectivity index (χ4v) is 1.10. The number of aromatic nitrogens is 2. The Bertz CT molecular complexity index is 441. The Morgan fingerprint density at radius 1 is 1.33 bits per heavy atom. The van der Waals surface area contributed by atoms with Crippen molar-refractivity contribution in [1.82, 2.24) is 10.1 Å². The molecule has 0 radical (unpaired) electrons. The van der Waals surface area contributed by atoms with Crippen molar-refractivity contribution in [3.63, 3.8) is 0 Å². The summed E-state index contributed by atoms with van der Waals surface area (Å²) >= 11 is 0. The molecule has 1 aromatic heterocycles. The van der Waals surface area contributed by atoms with Crippen molar-refractivity contribution < 1.29 is 13.8 Å². The van der Waals surface area contributed by atoms with Gasteiger partial charge in [0.25, 0.3) is 5.89 Å². The standard InChI is InChI=1S/C9H8FN3O2/c10-7-3-1-6(2-4-7)9-12-8(5-14-11)15-13-9/h1-4H,5,11H2. The molecule has 0 bridgehead atoms. The predicted octanol–water partition coefficient (Wildman–Crippen LogP) is 1.27. The van der Waals surface area contributed by atoms with Gasteiger partial charge in [-0.3, -0.25) is 4.84 Å². The Hall–Kier alpha value is -1.79. The lowest BCUT2D eigenvalue weighted by atomic mass is 10.2. The zero-order valence-electron chi connectivity index (χ0n) is 7.68. The van der Waals surface area contributed by atoms with E-state index in [-0.39, 0.29) is 18.3 Å². The zero-order valence-corrected chi connectivity index (χ0v) is 7.68. The molecule has 0 unspecified atom stereocenters. The number of rotatable bonds is 3. The van der Waals surface area contributed by atoms with Gasteiger partial charge in [0.05, 0.1) is 0 Å². The van der Waals surface area contributed by atoms with Gasteiger partial charge in [-0.05, 0) is 24.3 Å². The maximum absolute atomic E-state index is 12.6. The number of benzene rings is 1. The third kappa shape index (κ3) is 2.17. The predicted molar refractivity (Wildman–Crippen MR) is 48.7 cm³/mol. The number of nitrogens with two attached hydrogens (primary N) is 1. The second-order valence-corrected chi connectivity index (χ2v) is 2.83.